The van der Waals surface area contributed by atoms with E-state index in [1.54, 1.807) is 0 Å². The molecule has 8 saturated heterocycles. The molecule has 0 radical (unpaired) electrons. The van der Waals surface area contributed by atoms with Gasteiger partial charge in [0.25, 0.3) is 0 Å². The molecule has 8 aliphatic heterocycles. The van der Waals surface area contributed by atoms with Crippen molar-refractivity contribution in [3.05, 3.63) is 12.2 Å². The molecule has 8 fully saturated rings. The SMILES string of the molecule is C=C1[C@H](C)C[C@H](CC)O[C@@H]1C[C@@H]1OCC[C@H]1CC(=O)C[C@H]1CC[C@@H]2OC3[C@H]4O[C@@H]5C[C@H]4O[C@H]3[C@@H](O5)C2O1. The lowest BCUT2D eigenvalue weighted by atomic mass is 9.83. The van der Waals surface area contributed by atoms with Crippen molar-refractivity contribution >= 4 is 5.78 Å². The van der Waals surface area contributed by atoms with Crippen LogP contribution in [0.1, 0.15) is 71.6 Å². The lowest BCUT2D eigenvalue weighted by molar-refractivity contribution is -0.264. The lowest BCUT2D eigenvalue weighted by Crippen LogP contribution is -2.61. The van der Waals surface area contributed by atoms with E-state index >= 15 is 0 Å². The minimum atomic E-state index is -0.234. The van der Waals surface area contributed by atoms with E-state index in [4.69, 9.17) is 33.2 Å². The molecule has 6 bridgehead atoms. The number of Topliss-reactive ketones (excluding diaryl/α,β-unsaturated/α-hetero) is 1. The van der Waals surface area contributed by atoms with Crippen molar-refractivity contribution in [2.45, 2.75) is 145 Å². The Balaban J connectivity index is 0.944. The van der Waals surface area contributed by atoms with Crippen LogP contribution in [0.2, 0.25) is 0 Å². The summed E-state index contributed by atoms with van der Waals surface area (Å²) in [7, 11) is 0. The summed E-state index contributed by atoms with van der Waals surface area (Å²) < 4.78 is 44.0. The molecule has 206 valence electrons. The summed E-state index contributed by atoms with van der Waals surface area (Å²) in [5.41, 5.74) is 1.17. The molecular formula is C29H42O8. The van der Waals surface area contributed by atoms with Gasteiger partial charge in [0.2, 0.25) is 0 Å². The van der Waals surface area contributed by atoms with Crippen LogP contribution < -0.4 is 0 Å². The fourth-order valence-corrected chi connectivity index (χ4v) is 7.97. The molecule has 8 heterocycles. The van der Waals surface area contributed by atoms with Crippen LogP contribution in [0.4, 0.5) is 0 Å². The zero-order valence-electron chi connectivity index (χ0n) is 22.1. The topological polar surface area (TPSA) is 81.7 Å². The third kappa shape index (κ3) is 4.54. The van der Waals surface area contributed by atoms with Crippen molar-refractivity contribution in [1.82, 2.24) is 0 Å². The molecule has 0 aliphatic carbocycles. The highest BCUT2D eigenvalue weighted by Crippen LogP contribution is 2.49. The van der Waals surface area contributed by atoms with Crippen molar-refractivity contribution in [2.75, 3.05) is 6.61 Å². The molecule has 0 saturated carbocycles. The second kappa shape index (κ2) is 9.95. The van der Waals surface area contributed by atoms with Gasteiger partial charge in [-0.15, -0.1) is 0 Å². The van der Waals surface area contributed by atoms with Crippen molar-refractivity contribution in [3.8, 4) is 0 Å². The number of rotatable bonds is 7. The zero-order valence-corrected chi connectivity index (χ0v) is 22.1. The maximum absolute atomic E-state index is 13.2. The van der Waals surface area contributed by atoms with Crippen molar-refractivity contribution in [3.63, 3.8) is 0 Å². The molecule has 0 aromatic heterocycles. The molecule has 0 N–H and O–H groups in total. The average Bonchev–Trinajstić information content (AvgIpc) is 3.50. The molecule has 8 rings (SSSR count). The first kappa shape index (κ1) is 25.1. The number of carbonyl (C=O) groups is 1. The van der Waals surface area contributed by atoms with E-state index in [9.17, 15) is 4.79 Å². The summed E-state index contributed by atoms with van der Waals surface area (Å²) >= 11 is 0. The highest BCUT2D eigenvalue weighted by Gasteiger charge is 2.64. The second-order valence-electron chi connectivity index (χ2n) is 12.5. The lowest BCUT2D eigenvalue weighted by Gasteiger charge is -2.46. The molecule has 37 heavy (non-hydrogen) atoms. The Labute approximate surface area is 219 Å². The summed E-state index contributed by atoms with van der Waals surface area (Å²) in [6.07, 6.45) is 6.66. The smallest absolute Gasteiger partial charge is 0.161 e. The van der Waals surface area contributed by atoms with Crippen LogP contribution in [-0.4, -0.2) is 85.8 Å². The molecule has 0 aromatic carbocycles. The molecule has 0 amide bonds. The van der Waals surface area contributed by atoms with Crippen LogP contribution in [0, 0.1) is 11.8 Å². The highest BCUT2D eigenvalue weighted by atomic mass is 16.8. The minimum absolute atomic E-state index is 0.0194. The molecule has 8 heteroatoms. The Hall–Kier alpha value is -0.870. The van der Waals surface area contributed by atoms with Crippen molar-refractivity contribution in [2.24, 2.45) is 11.8 Å². The fourth-order valence-electron chi connectivity index (χ4n) is 7.97. The Kier molecular flexibility index (Phi) is 6.76. The molecular weight excluding hydrogens is 476 g/mol. The predicted molar refractivity (Wildman–Crippen MR) is 132 cm³/mol. The molecule has 2 unspecified atom stereocenters. The van der Waals surface area contributed by atoms with Crippen molar-refractivity contribution < 1.29 is 38.0 Å². The minimum Gasteiger partial charge on any atom is -0.378 e. The number of carbonyl (C=O) groups excluding carboxylic acids is 1. The highest BCUT2D eigenvalue weighted by molar-refractivity contribution is 5.79. The Morgan fingerprint density at radius 3 is 2.46 bits per heavy atom. The van der Waals surface area contributed by atoms with Gasteiger partial charge in [-0.1, -0.05) is 20.4 Å². The number of hydrogen-bond donors (Lipinski definition) is 0. The molecule has 8 nitrogen and oxygen atoms in total. The van der Waals surface area contributed by atoms with Gasteiger partial charge in [0.1, 0.15) is 36.3 Å². The van der Waals surface area contributed by atoms with Gasteiger partial charge in [0.05, 0.1) is 36.6 Å². The maximum atomic E-state index is 13.2. The normalized spacial score (nSPS) is 52.3. The van der Waals surface area contributed by atoms with Gasteiger partial charge < -0.3 is 33.2 Å². The maximum Gasteiger partial charge on any atom is 0.161 e. The Morgan fingerprint density at radius 2 is 1.59 bits per heavy atom. The largest absolute Gasteiger partial charge is 0.378 e. The van der Waals surface area contributed by atoms with Gasteiger partial charge in [0.15, 0.2) is 6.29 Å². The van der Waals surface area contributed by atoms with Crippen LogP contribution >= 0.6 is 0 Å². The first-order valence-corrected chi connectivity index (χ1v) is 14.7. The summed E-state index contributed by atoms with van der Waals surface area (Å²) in [6.45, 7) is 9.47. The zero-order chi connectivity index (χ0) is 25.3. The third-order valence-corrected chi connectivity index (χ3v) is 10.1. The summed E-state index contributed by atoms with van der Waals surface area (Å²) in [6, 6.07) is 0. The first-order valence-electron chi connectivity index (χ1n) is 14.7. The predicted octanol–water partition coefficient (Wildman–Crippen LogP) is 3.49. The molecule has 0 aromatic rings. The number of fused-ring (bicyclic) bond motifs is 1. The summed E-state index contributed by atoms with van der Waals surface area (Å²) in [5.74, 6) is 0.951. The van der Waals surface area contributed by atoms with Gasteiger partial charge in [-0.2, -0.15) is 0 Å². The fraction of sp³-hybridized carbons (Fsp3) is 0.897. The monoisotopic (exact) mass is 518 g/mol. The molecule has 8 aliphatic rings. The van der Waals surface area contributed by atoms with Gasteiger partial charge in [-0.05, 0) is 49.5 Å². The number of ketones is 1. The first-order chi connectivity index (χ1) is 18.0. The van der Waals surface area contributed by atoms with E-state index in [0.717, 1.165) is 44.9 Å². The number of hydrogen-bond acceptors (Lipinski definition) is 8. The van der Waals surface area contributed by atoms with Gasteiger partial charge in [-0.3, -0.25) is 4.79 Å². The van der Waals surface area contributed by atoms with Gasteiger partial charge in [0, 0.05) is 32.3 Å². The van der Waals surface area contributed by atoms with E-state index in [1.165, 1.54) is 5.57 Å². The summed E-state index contributed by atoms with van der Waals surface area (Å²) in [5, 5.41) is 0. The van der Waals surface area contributed by atoms with E-state index in [1.807, 2.05) is 0 Å². The van der Waals surface area contributed by atoms with E-state index in [2.05, 4.69) is 20.4 Å². The Bertz CT molecular complexity index is 893. The van der Waals surface area contributed by atoms with Gasteiger partial charge in [-0.25, -0.2) is 0 Å². The number of ether oxygens (including phenoxy) is 7. The third-order valence-electron chi connectivity index (χ3n) is 10.1. The standard InChI is InChI=1S/C29H42O8/c1-4-18-9-14(2)15(3)21(32-18)12-22-16(7-8-31-22)10-17(30)11-19-5-6-20-25(33-19)28-29-27(34-20)26-23(35-29)13-24(36-26)37-28/h14,16,18-29H,3-13H2,1-2H3/t14-,16+,18+,19-,20+,21-,22+,23-,24+,25?,26+,27?,28+,29-/m1/s1. The van der Waals surface area contributed by atoms with Crippen LogP contribution in [0.5, 0.6) is 0 Å². The second-order valence-corrected chi connectivity index (χ2v) is 12.5. The quantitative estimate of drug-likeness (QED) is 0.474. The summed E-state index contributed by atoms with van der Waals surface area (Å²) in [4.78, 5) is 13.2. The van der Waals surface area contributed by atoms with Gasteiger partial charge >= 0.3 is 0 Å². The van der Waals surface area contributed by atoms with E-state index < -0.39 is 0 Å². The van der Waals surface area contributed by atoms with E-state index in [0.29, 0.717) is 25.4 Å². The van der Waals surface area contributed by atoms with Crippen LogP contribution in [-0.2, 0) is 38.0 Å². The van der Waals surface area contributed by atoms with Crippen molar-refractivity contribution in [1.29, 1.82) is 0 Å². The molecule has 14 atom stereocenters. The van der Waals surface area contributed by atoms with Crippen LogP contribution in [0.3, 0.4) is 0 Å². The van der Waals surface area contributed by atoms with Crippen LogP contribution in [0.25, 0.3) is 0 Å². The average molecular weight is 519 g/mol. The Morgan fingerprint density at radius 1 is 0.838 bits per heavy atom. The van der Waals surface area contributed by atoms with Crippen LogP contribution in [0.15, 0.2) is 12.2 Å². The van der Waals surface area contributed by atoms with E-state index in [-0.39, 0.29) is 85.1 Å². The molecule has 0 spiro atoms.